The molecule has 0 radical (unpaired) electrons. The van der Waals surface area contributed by atoms with Crippen LogP contribution in [0.5, 0.6) is 0 Å². The van der Waals surface area contributed by atoms with Crippen LogP contribution in [-0.2, 0) is 20.9 Å². The molecule has 0 aromatic heterocycles. The first-order chi connectivity index (χ1) is 14.1. The summed E-state index contributed by atoms with van der Waals surface area (Å²) in [6.45, 7) is 8.56. The molecule has 8 heteroatoms. The van der Waals surface area contributed by atoms with Gasteiger partial charge in [-0.3, -0.25) is 9.59 Å². The van der Waals surface area contributed by atoms with Gasteiger partial charge in [-0.2, -0.15) is 0 Å². The monoisotopic (exact) mass is 401 g/mol. The summed E-state index contributed by atoms with van der Waals surface area (Å²) >= 11 is 0. The van der Waals surface area contributed by atoms with Crippen LogP contribution in [0.1, 0.15) is 32.3 Å². The van der Waals surface area contributed by atoms with Crippen LogP contribution >= 0.6 is 0 Å². The molecule has 2 aliphatic rings. The number of anilines is 1. The molecule has 1 aromatic carbocycles. The molecule has 1 unspecified atom stereocenters. The lowest BCUT2D eigenvalue weighted by Gasteiger charge is -2.36. The summed E-state index contributed by atoms with van der Waals surface area (Å²) in [6, 6.07) is 7.76. The Hall–Kier alpha value is -2.61. The van der Waals surface area contributed by atoms with Crippen molar-refractivity contribution in [2.24, 2.45) is 4.99 Å². The number of benzene rings is 1. The van der Waals surface area contributed by atoms with Crippen LogP contribution < -0.4 is 10.6 Å². The molecule has 2 amide bonds. The number of hydrogen-bond donors (Lipinski definition) is 2. The normalized spacial score (nSPS) is 19.9. The first-order valence-corrected chi connectivity index (χ1v) is 10.4. The number of piperazine rings is 1. The topological polar surface area (TPSA) is 86.3 Å². The highest BCUT2D eigenvalue weighted by atomic mass is 16.5. The molecule has 0 bridgehead atoms. The average Bonchev–Trinajstić information content (AvgIpc) is 3.26. The third kappa shape index (κ3) is 5.93. The summed E-state index contributed by atoms with van der Waals surface area (Å²) in [5.41, 5.74) is 1.78. The molecule has 2 saturated heterocycles. The van der Waals surface area contributed by atoms with E-state index >= 15 is 0 Å². The molecule has 0 spiro atoms. The quantitative estimate of drug-likeness (QED) is 0.576. The number of rotatable bonds is 5. The number of carbonyl (C=O) groups is 2. The Kier molecular flexibility index (Phi) is 7.46. The number of nitrogens with zero attached hydrogens (tertiary/aromatic N) is 3. The summed E-state index contributed by atoms with van der Waals surface area (Å²) in [4.78, 5) is 32.6. The largest absolute Gasteiger partial charge is 0.368 e. The minimum absolute atomic E-state index is 0.0835. The molecule has 1 aromatic rings. The predicted molar refractivity (Wildman–Crippen MR) is 113 cm³/mol. The van der Waals surface area contributed by atoms with E-state index in [1.807, 2.05) is 36.1 Å². The maximum Gasteiger partial charge on any atom is 0.253 e. The predicted octanol–water partition coefficient (Wildman–Crippen LogP) is 1.43. The molecule has 158 valence electrons. The van der Waals surface area contributed by atoms with Crippen LogP contribution in [0, 0.1) is 0 Å². The van der Waals surface area contributed by atoms with Crippen LogP contribution in [0.3, 0.4) is 0 Å². The Balaban J connectivity index is 1.60. The SMILES string of the molecule is CCNC(=NCc1cccc(NC(=O)C2CCCO2)c1)N1CCN(C(C)=O)CC1. The Labute approximate surface area is 172 Å². The third-order valence-electron chi connectivity index (χ3n) is 5.19. The Bertz CT molecular complexity index is 738. The Morgan fingerprint density at radius 2 is 1.97 bits per heavy atom. The summed E-state index contributed by atoms with van der Waals surface area (Å²) in [5, 5.41) is 6.28. The van der Waals surface area contributed by atoms with E-state index in [4.69, 9.17) is 9.73 Å². The standard InChI is InChI=1S/C21H31N5O3/c1-3-22-21(26-11-9-25(10-12-26)16(2)27)23-15-17-6-4-7-18(14-17)24-20(28)19-8-5-13-29-19/h4,6-7,14,19H,3,5,8-13,15H2,1-2H3,(H,22,23)(H,24,28). The summed E-state index contributed by atoms with van der Waals surface area (Å²) in [6.07, 6.45) is 1.37. The van der Waals surface area contributed by atoms with E-state index < -0.39 is 0 Å². The van der Waals surface area contributed by atoms with Crippen molar-refractivity contribution >= 4 is 23.5 Å². The molecule has 0 aliphatic carbocycles. The molecule has 1 atom stereocenters. The second kappa shape index (κ2) is 10.2. The third-order valence-corrected chi connectivity index (χ3v) is 5.19. The van der Waals surface area contributed by atoms with Crippen LogP contribution in [-0.4, -0.2) is 73.0 Å². The van der Waals surface area contributed by atoms with Crippen LogP contribution in [0.25, 0.3) is 0 Å². The fourth-order valence-corrected chi connectivity index (χ4v) is 3.58. The fraction of sp³-hybridized carbons (Fsp3) is 0.571. The van der Waals surface area contributed by atoms with Crippen molar-refractivity contribution in [3.8, 4) is 0 Å². The number of carbonyl (C=O) groups excluding carboxylic acids is 2. The van der Waals surface area contributed by atoms with E-state index in [2.05, 4.69) is 15.5 Å². The van der Waals surface area contributed by atoms with Gasteiger partial charge in [0, 0.05) is 51.9 Å². The van der Waals surface area contributed by atoms with E-state index in [0.717, 1.165) is 49.7 Å². The van der Waals surface area contributed by atoms with Crippen molar-refractivity contribution in [3.05, 3.63) is 29.8 Å². The van der Waals surface area contributed by atoms with Gasteiger partial charge >= 0.3 is 0 Å². The van der Waals surface area contributed by atoms with Gasteiger partial charge in [0.15, 0.2) is 5.96 Å². The van der Waals surface area contributed by atoms with Gasteiger partial charge in [0.2, 0.25) is 5.91 Å². The van der Waals surface area contributed by atoms with Crippen LogP contribution in [0.4, 0.5) is 5.69 Å². The molecular weight excluding hydrogens is 370 g/mol. The van der Waals surface area contributed by atoms with Gasteiger partial charge in [-0.1, -0.05) is 12.1 Å². The number of guanidine groups is 1. The first kappa shape index (κ1) is 21.1. The van der Waals surface area contributed by atoms with Crippen molar-refractivity contribution in [2.75, 3.05) is 44.6 Å². The molecule has 2 fully saturated rings. The molecule has 2 heterocycles. The maximum atomic E-state index is 12.2. The second-order valence-electron chi connectivity index (χ2n) is 7.35. The highest BCUT2D eigenvalue weighted by Gasteiger charge is 2.23. The van der Waals surface area contributed by atoms with Crippen molar-refractivity contribution < 1.29 is 14.3 Å². The zero-order valence-electron chi connectivity index (χ0n) is 17.3. The van der Waals surface area contributed by atoms with Crippen molar-refractivity contribution in [1.29, 1.82) is 0 Å². The highest BCUT2D eigenvalue weighted by molar-refractivity contribution is 5.94. The first-order valence-electron chi connectivity index (χ1n) is 10.4. The summed E-state index contributed by atoms with van der Waals surface area (Å²) in [5.74, 6) is 0.887. The van der Waals surface area contributed by atoms with Gasteiger partial charge in [-0.25, -0.2) is 4.99 Å². The van der Waals surface area contributed by atoms with Crippen molar-refractivity contribution in [3.63, 3.8) is 0 Å². The van der Waals surface area contributed by atoms with Gasteiger partial charge in [0.25, 0.3) is 5.91 Å². The number of aliphatic imine (C=N–C) groups is 1. The number of nitrogens with one attached hydrogen (secondary N) is 2. The molecule has 3 rings (SSSR count). The van der Waals surface area contributed by atoms with Crippen molar-refractivity contribution in [1.82, 2.24) is 15.1 Å². The minimum Gasteiger partial charge on any atom is -0.368 e. The molecular formula is C21H31N5O3. The molecule has 29 heavy (non-hydrogen) atoms. The van der Waals surface area contributed by atoms with Gasteiger partial charge < -0.3 is 25.2 Å². The zero-order chi connectivity index (χ0) is 20.6. The molecule has 2 aliphatic heterocycles. The van der Waals surface area contributed by atoms with Crippen LogP contribution in [0.15, 0.2) is 29.3 Å². The second-order valence-corrected chi connectivity index (χ2v) is 7.35. The molecule has 8 nitrogen and oxygen atoms in total. The maximum absolute atomic E-state index is 12.2. The number of ether oxygens (including phenoxy) is 1. The Morgan fingerprint density at radius 1 is 1.21 bits per heavy atom. The highest BCUT2D eigenvalue weighted by Crippen LogP contribution is 2.17. The van der Waals surface area contributed by atoms with Gasteiger partial charge in [0.05, 0.1) is 6.54 Å². The van der Waals surface area contributed by atoms with Crippen LogP contribution in [0.2, 0.25) is 0 Å². The summed E-state index contributed by atoms with van der Waals surface area (Å²) in [7, 11) is 0. The lowest BCUT2D eigenvalue weighted by molar-refractivity contribution is -0.130. The average molecular weight is 402 g/mol. The van der Waals surface area contributed by atoms with E-state index in [-0.39, 0.29) is 17.9 Å². The van der Waals surface area contributed by atoms with Gasteiger partial charge in [0.1, 0.15) is 6.10 Å². The van der Waals surface area contributed by atoms with E-state index in [1.54, 1.807) is 6.92 Å². The summed E-state index contributed by atoms with van der Waals surface area (Å²) < 4.78 is 5.44. The number of amides is 2. The lowest BCUT2D eigenvalue weighted by Crippen LogP contribution is -2.53. The zero-order valence-corrected chi connectivity index (χ0v) is 17.3. The van der Waals surface area contributed by atoms with Gasteiger partial charge in [-0.05, 0) is 37.5 Å². The molecule has 2 N–H and O–H groups in total. The fourth-order valence-electron chi connectivity index (χ4n) is 3.58. The van der Waals surface area contributed by atoms with E-state index in [1.165, 1.54) is 0 Å². The van der Waals surface area contributed by atoms with E-state index in [9.17, 15) is 9.59 Å². The van der Waals surface area contributed by atoms with Crippen molar-refractivity contribution in [2.45, 2.75) is 39.3 Å². The van der Waals surface area contributed by atoms with E-state index in [0.29, 0.717) is 26.2 Å². The minimum atomic E-state index is -0.342. The van der Waals surface area contributed by atoms with Gasteiger partial charge in [-0.15, -0.1) is 0 Å². The Morgan fingerprint density at radius 3 is 2.62 bits per heavy atom. The number of hydrogen-bond acceptors (Lipinski definition) is 4. The molecule has 0 saturated carbocycles. The smallest absolute Gasteiger partial charge is 0.253 e. The lowest BCUT2D eigenvalue weighted by atomic mass is 10.2.